The van der Waals surface area contributed by atoms with E-state index in [1.807, 2.05) is 0 Å². The molecule has 1 unspecified atom stereocenters. The summed E-state index contributed by atoms with van der Waals surface area (Å²) in [7, 11) is 1.41. The molecular formula is C17H27NO3. The number of hydrogen-bond acceptors (Lipinski definition) is 4. The molecule has 0 heterocycles. The maximum atomic E-state index is 11.1. The summed E-state index contributed by atoms with van der Waals surface area (Å²) < 4.78 is 10.5. The van der Waals surface area contributed by atoms with Gasteiger partial charge in [0, 0.05) is 18.0 Å². The SMILES string of the molecule is CCCNC(C)c1ccc(C)cc1OCCCC(=O)OC. The molecule has 21 heavy (non-hydrogen) atoms. The van der Waals surface area contributed by atoms with Crippen molar-refractivity contribution in [3.05, 3.63) is 29.3 Å². The summed E-state index contributed by atoms with van der Waals surface area (Å²) in [5.41, 5.74) is 2.33. The number of rotatable bonds is 9. The van der Waals surface area contributed by atoms with Crippen LogP contribution in [0.1, 0.15) is 50.3 Å². The maximum absolute atomic E-state index is 11.1. The Balaban J connectivity index is 2.62. The van der Waals surface area contributed by atoms with Crippen LogP contribution in [0.25, 0.3) is 0 Å². The molecule has 0 saturated heterocycles. The molecule has 4 nitrogen and oxygen atoms in total. The average molecular weight is 293 g/mol. The van der Waals surface area contributed by atoms with Gasteiger partial charge in [0.15, 0.2) is 0 Å². The zero-order valence-corrected chi connectivity index (χ0v) is 13.6. The molecule has 1 aromatic rings. The molecule has 1 aromatic carbocycles. The van der Waals surface area contributed by atoms with Crippen molar-refractivity contribution in [3.63, 3.8) is 0 Å². The second-order valence-corrected chi connectivity index (χ2v) is 5.25. The molecule has 0 saturated carbocycles. The molecule has 0 aliphatic rings. The summed E-state index contributed by atoms with van der Waals surface area (Å²) in [4.78, 5) is 11.1. The molecule has 1 atom stereocenters. The van der Waals surface area contributed by atoms with E-state index in [0.29, 0.717) is 19.4 Å². The molecule has 0 aromatic heterocycles. The lowest BCUT2D eigenvalue weighted by atomic mass is 10.0. The van der Waals surface area contributed by atoms with Gasteiger partial charge in [-0.1, -0.05) is 19.1 Å². The van der Waals surface area contributed by atoms with E-state index < -0.39 is 0 Å². The zero-order chi connectivity index (χ0) is 15.7. The smallest absolute Gasteiger partial charge is 0.305 e. The Morgan fingerprint density at radius 1 is 1.38 bits per heavy atom. The van der Waals surface area contributed by atoms with Crippen molar-refractivity contribution in [2.45, 2.75) is 46.1 Å². The van der Waals surface area contributed by atoms with Crippen LogP contribution >= 0.6 is 0 Å². The molecule has 4 heteroatoms. The Morgan fingerprint density at radius 3 is 2.81 bits per heavy atom. The lowest BCUT2D eigenvalue weighted by Crippen LogP contribution is -2.20. The zero-order valence-electron chi connectivity index (χ0n) is 13.6. The molecular weight excluding hydrogens is 266 g/mol. The van der Waals surface area contributed by atoms with Crippen LogP contribution < -0.4 is 10.1 Å². The Bertz CT molecular complexity index is 446. The minimum absolute atomic E-state index is 0.193. The fraction of sp³-hybridized carbons (Fsp3) is 0.588. The lowest BCUT2D eigenvalue weighted by Gasteiger charge is -2.18. The van der Waals surface area contributed by atoms with Crippen LogP contribution in [0.2, 0.25) is 0 Å². The fourth-order valence-electron chi connectivity index (χ4n) is 2.10. The van der Waals surface area contributed by atoms with E-state index in [1.165, 1.54) is 12.7 Å². The van der Waals surface area contributed by atoms with E-state index in [9.17, 15) is 4.79 Å². The van der Waals surface area contributed by atoms with Crippen LogP contribution in [0.3, 0.4) is 0 Å². The molecule has 0 amide bonds. The molecule has 0 radical (unpaired) electrons. The molecule has 0 fully saturated rings. The van der Waals surface area contributed by atoms with Gasteiger partial charge in [-0.2, -0.15) is 0 Å². The third-order valence-electron chi connectivity index (χ3n) is 3.35. The van der Waals surface area contributed by atoms with Gasteiger partial charge in [-0.05, 0) is 44.9 Å². The Labute approximate surface area is 127 Å². The first-order chi connectivity index (χ1) is 10.1. The number of ether oxygens (including phenoxy) is 2. The Hall–Kier alpha value is -1.55. The van der Waals surface area contributed by atoms with Crippen molar-refractivity contribution in [2.75, 3.05) is 20.3 Å². The van der Waals surface area contributed by atoms with Crippen LogP contribution in [0.15, 0.2) is 18.2 Å². The molecule has 0 spiro atoms. The number of esters is 1. The number of hydrogen-bond donors (Lipinski definition) is 1. The first-order valence-electron chi connectivity index (χ1n) is 7.62. The van der Waals surface area contributed by atoms with Crippen LogP contribution in [-0.2, 0) is 9.53 Å². The van der Waals surface area contributed by atoms with Crippen molar-refractivity contribution in [2.24, 2.45) is 0 Å². The summed E-state index contributed by atoms with van der Waals surface area (Å²) in [5, 5.41) is 3.47. The van der Waals surface area contributed by atoms with Gasteiger partial charge in [0.1, 0.15) is 5.75 Å². The third-order valence-corrected chi connectivity index (χ3v) is 3.35. The van der Waals surface area contributed by atoms with Crippen molar-refractivity contribution in [3.8, 4) is 5.75 Å². The summed E-state index contributed by atoms with van der Waals surface area (Å²) in [5.74, 6) is 0.706. The van der Waals surface area contributed by atoms with E-state index in [2.05, 4.69) is 49.0 Å². The van der Waals surface area contributed by atoms with Gasteiger partial charge in [0.25, 0.3) is 0 Å². The quantitative estimate of drug-likeness (QED) is 0.560. The second-order valence-electron chi connectivity index (χ2n) is 5.25. The number of nitrogens with one attached hydrogen (secondary N) is 1. The highest BCUT2D eigenvalue weighted by Gasteiger charge is 2.11. The van der Waals surface area contributed by atoms with Gasteiger partial charge in [-0.3, -0.25) is 4.79 Å². The predicted molar refractivity (Wildman–Crippen MR) is 84.6 cm³/mol. The Kier molecular flexibility index (Phi) is 7.83. The standard InChI is InChI=1S/C17H27NO3/c1-5-10-18-14(3)15-9-8-13(2)12-16(15)21-11-6-7-17(19)20-4/h8-9,12,14,18H,5-7,10-11H2,1-4H3. The third kappa shape index (κ3) is 6.17. The van der Waals surface area contributed by atoms with Crippen molar-refractivity contribution in [1.82, 2.24) is 5.32 Å². The van der Waals surface area contributed by atoms with Gasteiger partial charge < -0.3 is 14.8 Å². The highest BCUT2D eigenvalue weighted by molar-refractivity contribution is 5.69. The van der Waals surface area contributed by atoms with Crippen LogP contribution in [-0.4, -0.2) is 26.2 Å². The van der Waals surface area contributed by atoms with Gasteiger partial charge >= 0.3 is 5.97 Å². The van der Waals surface area contributed by atoms with E-state index in [4.69, 9.17) is 4.74 Å². The van der Waals surface area contributed by atoms with Gasteiger partial charge in [-0.25, -0.2) is 0 Å². The second kappa shape index (κ2) is 9.40. The summed E-state index contributed by atoms with van der Waals surface area (Å²) in [6, 6.07) is 6.51. The fourth-order valence-corrected chi connectivity index (χ4v) is 2.10. The number of benzene rings is 1. The van der Waals surface area contributed by atoms with Crippen molar-refractivity contribution < 1.29 is 14.3 Å². The predicted octanol–water partition coefficient (Wildman–Crippen LogP) is 3.39. The normalized spacial score (nSPS) is 12.0. The topological polar surface area (TPSA) is 47.6 Å². The van der Waals surface area contributed by atoms with Gasteiger partial charge in [0.2, 0.25) is 0 Å². The highest BCUT2D eigenvalue weighted by Crippen LogP contribution is 2.26. The molecule has 1 N–H and O–H groups in total. The first kappa shape index (κ1) is 17.5. The lowest BCUT2D eigenvalue weighted by molar-refractivity contribution is -0.140. The maximum Gasteiger partial charge on any atom is 0.305 e. The molecule has 0 bridgehead atoms. The first-order valence-corrected chi connectivity index (χ1v) is 7.62. The average Bonchev–Trinajstić information content (AvgIpc) is 2.49. The minimum atomic E-state index is -0.193. The number of carbonyl (C=O) groups excluding carboxylic acids is 1. The summed E-state index contributed by atoms with van der Waals surface area (Å²) in [6.07, 6.45) is 2.16. The van der Waals surface area contributed by atoms with Crippen LogP contribution in [0, 0.1) is 6.92 Å². The summed E-state index contributed by atoms with van der Waals surface area (Å²) in [6.45, 7) is 7.85. The van der Waals surface area contributed by atoms with Crippen LogP contribution in [0.4, 0.5) is 0 Å². The van der Waals surface area contributed by atoms with E-state index in [-0.39, 0.29) is 12.0 Å². The Morgan fingerprint density at radius 2 is 2.14 bits per heavy atom. The minimum Gasteiger partial charge on any atom is -0.493 e. The molecule has 0 aliphatic heterocycles. The van der Waals surface area contributed by atoms with Gasteiger partial charge in [-0.15, -0.1) is 0 Å². The monoisotopic (exact) mass is 293 g/mol. The number of methoxy groups -OCH3 is 1. The van der Waals surface area contributed by atoms with E-state index in [1.54, 1.807) is 0 Å². The van der Waals surface area contributed by atoms with Crippen molar-refractivity contribution in [1.29, 1.82) is 0 Å². The van der Waals surface area contributed by atoms with Gasteiger partial charge in [0.05, 0.1) is 13.7 Å². The molecule has 118 valence electrons. The van der Waals surface area contributed by atoms with E-state index >= 15 is 0 Å². The number of aryl methyl sites for hydroxylation is 1. The largest absolute Gasteiger partial charge is 0.493 e. The highest BCUT2D eigenvalue weighted by atomic mass is 16.5. The van der Waals surface area contributed by atoms with Crippen LogP contribution in [0.5, 0.6) is 5.75 Å². The van der Waals surface area contributed by atoms with Crippen molar-refractivity contribution >= 4 is 5.97 Å². The molecule has 1 rings (SSSR count). The van der Waals surface area contributed by atoms with E-state index in [0.717, 1.165) is 24.3 Å². The molecule has 0 aliphatic carbocycles. The number of carbonyl (C=O) groups is 1. The summed E-state index contributed by atoms with van der Waals surface area (Å²) >= 11 is 0.